The normalized spacial score (nSPS) is 13.1. The van der Waals surface area contributed by atoms with Crippen LogP contribution in [0.15, 0.2) is 12.8 Å². The van der Waals surface area contributed by atoms with Gasteiger partial charge in [-0.05, 0) is 6.92 Å². The fraction of sp³-hybridized carbons (Fsp3) is 0.750. The zero-order valence-corrected chi connectivity index (χ0v) is 8.56. The van der Waals surface area contributed by atoms with Gasteiger partial charge in [-0.3, -0.25) is 0 Å². The quantitative estimate of drug-likeness (QED) is 0.367. The molecule has 0 aliphatic carbocycles. The number of nitrogens with zero attached hydrogens (tertiary/aromatic N) is 1. The van der Waals surface area contributed by atoms with E-state index in [-0.39, 0.29) is 18.5 Å². The van der Waals surface area contributed by atoms with E-state index in [1.54, 1.807) is 0 Å². The Bertz CT molecular complexity index is 109. The van der Waals surface area contributed by atoms with Gasteiger partial charge in [-0.1, -0.05) is 6.58 Å². The lowest BCUT2D eigenvalue weighted by Gasteiger charge is -2.26. The second kappa shape index (κ2) is 5.44. The summed E-state index contributed by atoms with van der Waals surface area (Å²) in [5, 5.41) is 0. The van der Waals surface area contributed by atoms with Gasteiger partial charge in [0, 0.05) is 0 Å². The van der Waals surface area contributed by atoms with Crippen LogP contribution in [0.25, 0.3) is 0 Å². The Kier molecular flexibility index (Phi) is 6.62. The monoisotopic (exact) mass is 179 g/mol. The number of halogens is 1. The molecule has 0 rings (SSSR count). The fourth-order valence-electron chi connectivity index (χ4n) is 0.979. The first-order valence-electron chi connectivity index (χ1n) is 3.52. The number of hydrogen-bond donors (Lipinski definition) is 0. The van der Waals surface area contributed by atoms with Crippen LogP contribution in [0, 0.1) is 0 Å². The van der Waals surface area contributed by atoms with Crippen LogP contribution in [0.3, 0.4) is 0 Å². The third-order valence-electron chi connectivity index (χ3n) is 1.13. The van der Waals surface area contributed by atoms with E-state index in [4.69, 9.17) is 4.74 Å². The third kappa shape index (κ3) is 9.79. The van der Waals surface area contributed by atoms with E-state index >= 15 is 0 Å². The summed E-state index contributed by atoms with van der Waals surface area (Å²) in [6, 6.07) is 0. The first kappa shape index (κ1) is 13.4. The van der Waals surface area contributed by atoms with Crippen LogP contribution < -0.4 is 12.4 Å². The molecule has 0 aliphatic heterocycles. The second-order valence-electron chi connectivity index (χ2n) is 3.59. The van der Waals surface area contributed by atoms with Crippen molar-refractivity contribution >= 4 is 0 Å². The van der Waals surface area contributed by atoms with Crippen molar-refractivity contribution in [3.05, 3.63) is 12.8 Å². The van der Waals surface area contributed by atoms with Crippen LogP contribution in [0.1, 0.15) is 6.92 Å². The lowest BCUT2D eigenvalue weighted by molar-refractivity contribution is -0.873. The number of ether oxygens (including phenoxy) is 1. The first-order chi connectivity index (χ1) is 4.45. The van der Waals surface area contributed by atoms with Crippen LogP contribution >= 0.6 is 0 Å². The Labute approximate surface area is 75.8 Å². The van der Waals surface area contributed by atoms with Crippen molar-refractivity contribution in [2.24, 2.45) is 0 Å². The predicted molar refractivity (Wildman–Crippen MR) is 43.6 cm³/mol. The first-order valence-corrected chi connectivity index (χ1v) is 3.52. The van der Waals surface area contributed by atoms with E-state index in [0.717, 1.165) is 11.0 Å². The predicted octanol–water partition coefficient (Wildman–Crippen LogP) is -1.75. The topological polar surface area (TPSA) is 9.23 Å². The van der Waals surface area contributed by atoms with Crippen LogP contribution in [0.5, 0.6) is 0 Å². The number of rotatable bonds is 4. The molecule has 1 unspecified atom stereocenters. The molecule has 3 heteroatoms. The summed E-state index contributed by atoms with van der Waals surface area (Å²) in [6.45, 7) is 6.55. The fourth-order valence-corrected chi connectivity index (χ4v) is 0.979. The standard InChI is InChI=1S/C8H18NO.ClH/c1-6-10-8(2)7-9(3,4)5;/h6,8H,1,7H2,2-5H3;1H/q+1;/p-1. The molecular formula is C8H18ClNO. The van der Waals surface area contributed by atoms with Crippen LogP contribution in [0.4, 0.5) is 0 Å². The molecule has 0 saturated heterocycles. The van der Waals surface area contributed by atoms with Gasteiger partial charge in [0.25, 0.3) is 0 Å². The van der Waals surface area contributed by atoms with Gasteiger partial charge >= 0.3 is 0 Å². The Morgan fingerprint density at radius 3 is 2.18 bits per heavy atom. The number of likely N-dealkylation sites (N-methyl/N-ethyl adjacent to an activating group) is 1. The van der Waals surface area contributed by atoms with Crippen molar-refractivity contribution in [1.29, 1.82) is 0 Å². The molecule has 0 spiro atoms. The van der Waals surface area contributed by atoms with Crippen LogP contribution in [0.2, 0.25) is 0 Å². The summed E-state index contributed by atoms with van der Waals surface area (Å²) in [7, 11) is 6.43. The largest absolute Gasteiger partial charge is 1.00 e. The molecule has 11 heavy (non-hydrogen) atoms. The summed E-state index contributed by atoms with van der Waals surface area (Å²) >= 11 is 0. The van der Waals surface area contributed by atoms with Gasteiger partial charge in [0.2, 0.25) is 0 Å². The highest BCUT2D eigenvalue weighted by Crippen LogP contribution is 1.98. The van der Waals surface area contributed by atoms with E-state index < -0.39 is 0 Å². The minimum atomic E-state index is 0. The van der Waals surface area contributed by atoms with Gasteiger partial charge in [-0.15, -0.1) is 0 Å². The molecule has 0 aliphatic rings. The zero-order chi connectivity index (χ0) is 8.20. The molecule has 0 radical (unpaired) electrons. The Morgan fingerprint density at radius 1 is 1.45 bits per heavy atom. The molecule has 0 amide bonds. The molecule has 0 aromatic carbocycles. The molecule has 0 aromatic rings. The molecule has 2 nitrogen and oxygen atoms in total. The third-order valence-corrected chi connectivity index (χ3v) is 1.13. The average molecular weight is 180 g/mol. The second-order valence-corrected chi connectivity index (χ2v) is 3.59. The van der Waals surface area contributed by atoms with Crippen LogP contribution in [-0.2, 0) is 4.74 Å². The minimum absolute atomic E-state index is 0. The maximum Gasteiger partial charge on any atom is 0.144 e. The van der Waals surface area contributed by atoms with Crippen molar-refractivity contribution in [2.45, 2.75) is 13.0 Å². The van der Waals surface area contributed by atoms with Crippen molar-refractivity contribution in [2.75, 3.05) is 27.7 Å². The van der Waals surface area contributed by atoms with Gasteiger partial charge in [0.1, 0.15) is 12.6 Å². The lowest BCUT2D eigenvalue weighted by Crippen LogP contribution is -3.00. The van der Waals surface area contributed by atoms with Crippen molar-refractivity contribution in [3.63, 3.8) is 0 Å². The molecule has 0 N–H and O–H groups in total. The number of hydrogen-bond acceptors (Lipinski definition) is 1. The van der Waals surface area contributed by atoms with Crippen molar-refractivity contribution in [3.8, 4) is 0 Å². The van der Waals surface area contributed by atoms with Crippen molar-refractivity contribution < 1.29 is 21.6 Å². The van der Waals surface area contributed by atoms with Crippen molar-refractivity contribution in [1.82, 2.24) is 0 Å². The van der Waals surface area contributed by atoms with Gasteiger partial charge < -0.3 is 21.6 Å². The van der Waals surface area contributed by atoms with E-state index in [0.29, 0.717) is 0 Å². The van der Waals surface area contributed by atoms with E-state index in [1.165, 1.54) is 6.26 Å². The summed E-state index contributed by atoms with van der Waals surface area (Å²) in [6.07, 6.45) is 1.76. The molecule has 0 aromatic heterocycles. The molecule has 0 bridgehead atoms. The van der Waals surface area contributed by atoms with Gasteiger partial charge in [-0.25, -0.2) is 0 Å². The maximum atomic E-state index is 5.17. The Balaban J connectivity index is 0. The highest BCUT2D eigenvalue weighted by Gasteiger charge is 2.12. The molecule has 68 valence electrons. The smallest absolute Gasteiger partial charge is 0.144 e. The van der Waals surface area contributed by atoms with Gasteiger partial charge in [-0.2, -0.15) is 0 Å². The minimum Gasteiger partial charge on any atom is -1.00 e. The maximum absolute atomic E-state index is 5.17. The average Bonchev–Trinajstić information content (AvgIpc) is 1.59. The summed E-state index contributed by atoms with van der Waals surface area (Å²) in [5.41, 5.74) is 0. The Hall–Kier alpha value is -0.210. The van der Waals surface area contributed by atoms with E-state index in [1.807, 2.05) is 6.92 Å². The van der Waals surface area contributed by atoms with E-state index in [9.17, 15) is 0 Å². The molecule has 0 heterocycles. The lowest BCUT2D eigenvalue weighted by atomic mass is 10.3. The van der Waals surface area contributed by atoms with Gasteiger partial charge in [0.15, 0.2) is 0 Å². The summed E-state index contributed by atoms with van der Waals surface area (Å²) in [5.74, 6) is 0. The zero-order valence-electron chi connectivity index (χ0n) is 7.80. The number of quaternary nitrogens is 1. The molecule has 0 saturated carbocycles. The molecule has 1 atom stereocenters. The summed E-state index contributed by atoms with van der Waals surface area (Å²) < 4.78 is 6.09. The van der Waals surface area contributed by atoms with Gasteiger partial charge in [0.05, 0.1) is 27.4 Å². The summed E-state index contributed by atoms with van der Waals surface area (Å²) in [4.78, 5) is 0. The highest BCUT2D eigenvalue weighted by atomic mass is 35.5. The highest BCUT2D eigenvalue weighted by molar-refractivity contribution is 4.55. The molecule has 0 fully saturated rings. The Morgan fingerprint density at radius 2 is 1.91 bits per heavy atom. The SMILES string of the molecule is C=COC(C)C[N+](C)(C)C.[Cl-]. The molecular weight excluding hydrogens is 162 g/mol. The van der Waals surface area contributed by atoms with E-state index in [2.05, 4.69) is 27.7 Å². The van der Waals surface area contributed by atoms with Crippen LogP contribution in [-0.4, -0.2) is 38.3 Å².